The standard InChI is InChI=1S/C11H21N3O5/c1-9(18-14(16)17)10-4-6-13(7-5-10)19-11(15)8-12(2)3/h9-10H,4-8H2,1-3H3. The summed E-state index contributed by atoms with van der Waals surface area (Å²) in [5.74, 6) is -0.174. The van der Waals surface area contributed by atoms with Crippen LogP contribution in [0, 0.1) is 16.0 Å². The number of carbonyl (C=O) groups excluding carboxylic acids is 1. The minimum atomic E-state index is -0.756. The lowest BCUT2D eigenvalue weighted by Crippen LogP contribution is -2.40. The lowest BCUT2D eigenvalue weighted by Gasteiger charge is -2.32. The first-order chi connectivity index (χ1) is 8.88. The Morgan fingerprint density at radius 2 is 2.05 bits per heavy atom. The van der Waals surface area contributed by atoms with Crippen molar-refractivity contribution in [3.8, 4) is 0 Å². The minimum Gasteiger partial charge on any atom is -0.367 e. The summed E-state index contributed by atoms with van der Waals surface area (Å²) in [4.78, 5) is 33.2. The molecule has 0 N–H and O–H groups in total. The molecule has 0 radical (unpaired) electrons. The van der Waals surface area contributed by atoms with Crippen LogP contribution in [-0.2, 0) is 14.5 Å². The van der Waals surface area contributed by atoms with E-state index in [-0.39, 0.29) is 18.4 Å². The summed E-state index contributed by atoms with van der Waals surface area (Å²) in [7, 11) is 3.59. The fourth-order valence-electron chi connectivity index (χ4n) is 2.09. The molecular formula is C11H21N3O5. The molecule has 1 atom stereocenters. The third-order valence-electron chi connectivity index (χ3n) is 3.09. The molecule has 1 aliphatic rings. The van der Waals surface area contributed by atoms with E-state index in [1.807, 2.05) is 0 Å². The molecule has 1 rings (SSSR count). The first-order valence-corrected chi connectivity index (χ1v) is 6.30. The van der Waals surface area contributed by atoms with Crippen LogP contribution in [0.3, 0.4) is 0 Å². The maximum atomic E-state index is 11.5. The Hall–Kier alpha value is -1.41. The van der Waals surface area contributed by atoms with Crippen LogP contribution in [0.15, 0.2) is 0 Å². The fraction of sp³-hybridized carbons (Fsp3) is 0.909. The maximum Gasteiger partial charge on any atom is 0.338 e. The second-order valence-corrected chi connectivity index (χ2v) is 5.00. The maximum absolute atomic E-state index is 11.5. The molecule has 1 saturated heterocycles. The van der Waals surface area contributed by atoms with E-state index in [0.29, 0.717) is 25.9 Å². The predicted molar refractivity (Wildman–Crippen MR) is 66.5 cm³/mol. The van der Waals surface area contributed by atoms with Crippen LogP contribution in [0.4, 0.5) is 0 Å². The highest BCUT2D eigenvalue weighted by molar-refractivity contribution is 5.71. The van der Waals surface area contributed by atoms with Gasteiger partial charge in [-0.3, -0.25) is 4.90 Å². The molecule has 1 aliphatic heterocycles. The molecule has 110 valence electrons. The van der Waals surface area contributed by atoms with E-state index >= 15 is 0 Å². The van der Waals surface area contributed by atoms with Gasteiger partial charge in [0.15, 0.2) is 0 Å². The number of rotatable bonds is 6. The van der Waals surface area contributed by atoms with Gasteiger partial charge in [0.05, 0.1) is 6.54 Å². The van der Waals surface area contributed by atoms with Gasteiger partial charge >= 0.3 is 5.97 Å². The highest BCUT2D eigenvalue weighted by Crippen LogP contribution is 2.22. The second-order valence-electron chi connectivity index (χ2n) is 5.00. The number of piperidine rings is 1. The number of hydroxylamine groups is 2. The normalized spacial score (nSPS) is 19.2. The highest BCUT2D eigenvalue weighted by Gasteiger charge is 2.27. The average Bonchev–Trinajstić information content (AvgIpc) is 2.27. The number of hydrogen-bond donors (Lipinski definition) is 0. The molecule has 1 unspecified atom stereocenters. The van der Waals surface area contributed by atoms with Crippen molar-refractivity contribution in [1.29, 1.82) is 0 Å². The Morgan fingerprint density at radius 3 is 2.53 bits per heavy atom. The van der Waals surface area contributed by atoms with Crippen molar-refractivity contribution in [2.24, 2.45) is 5.92 Å². The molecule has 0 aromatic carbocycles. The number of nitrogens with zero attached hydrogens (tertiary/aromatic N) is 3. The number of hydrogen-bond acceptors (Lipinski definition) is 7. The fourth-order valence-corrected chi connectivity index (χ4v) is 2.09. The zero-order valence-electron chi connectivity index (χ0n) is 11.6. The molecule has 19 heavy (non-hydrogen) atoms. The van der Waals surface area contributed by atoms with Gasteiger partial charge in [0.2, 0.25) is 0 Å². The van der Waals surface area contributed by atoms with Gasteiger partial charge in [-0.25, -0.2) is 4.79 Å². The molecule has 8 heteroatoms. The van der Waals surface area contributed by atoms with Crippen molar-refractivity contribution in [2.45, 2.75) is 25.9 Å². The van der Waals surface area contributed by atoms with Crippen molar-refractivity contribution in [3.63, 3.8) is 0 Å². The Kier molecular flexibility index (Phi) is 5.97. The molecular weight excluding hydrogens is 254 g/mol. The molecule has 0 amide bonds. The quantitative estimate of drug-likeness (QED) is 0.509. The van der Waals surface area contributed by atoms with Gasteiger partial charge in [-0.15, -0.1) is 15.2 Å². The molecule has 8 nitrogen and oxygen atoms in total. The zero-order chi connectivity index (χ0) is 14.4. The summed E-state index contributed by atoms with van der Waals surface area (Å²) >= 11 is 0. The SMILES string of the molecule is CC(O[N+](=O)[O-])C1CCN(OC(=O)CN(C)C)CC1. The summed E-state index contributed by atoms with van der Waals surface area (Å²) < 4.78 is 0. The van der Waals surface area contributed by atoms with Crippen molar-refractivity contribution in [1.82, 2.24) is 9.96 Å². The highest BCUT2D eigenvalue weighted by atomic mass is 17.0. The smallest absolute Gasteiger partial charge is 0.338 e. The van der Waals surface area contributed by atoms with Gasteiger partial charge in [0, 0.05) is 13.1 Å². The molecule has 0 aliphatic carbocycles. The monoisotopic (exact) mass is 275 g/mol. The molecule has 0 spiro atoms. The first kappa shape index (κ1) is 15.6. The van der Waals surface area contributed by atoms with Crippen LogP contribution in [0.5, 0.6) is 0 Å². The summed E-state index contributed by atoms with van der Waals surface area (Å²) in [6.07, 6.45) is 1.00. The van der Waals surface area contributed by atoms with Gasteiger partial charge in [0.1, 0.15) is 6.10 Å². The van der Waals surface area contributed by atoms with Crippen LogP contribution in [0.2, 0.25) is 0 Å². The van der Waals surface area contributed by atoms with Gasteiger partial charge in [-0.05, 0) is 39.8 Å². The van der Waals surface area contributed by atoms with Crippen LogP contribution < -0.4 is 0 Å². The Morgan fingerprint density at radius 1 is 1.47 bits per heavy atom. The summed E-state index contributed by atoms with van der Waals surface area (Å²) in [6, 6.07) is 0. The third-order valence-corrected chi connectivity index (χ3v) is 3.09. The molecule has 1 fully saturated rings. The molecule has 0 aromatic heterocycles. The van der Waals surface area contributed by atoms with Crippen molar-refractivity contribution >= 4 is 5.97 Å². The van der Waals surface area contributed by atoms with E-state index < -0.39 is 11.2 Å². The van der Waals surface area contributed by atoms with Gasteiger partial charge in [0.25, 0.3) is 5.09 Å². The Labute approximate surface area is 112 Å². The number of likely N-dealkylation sites (N-methyl/N-ethyl adjacent to an activating group) is 1. The molecule has 0 aromatic rings. The van der Waals surface area contributed by atoms with Crippen LogP contribution in [0.1, 0.15) is 19.8 Å². The average molecular weight is 275 g/mol. The summed E-state index contributed by atoms with van der Waals surface area (Å²) in [5.41, 5.74) is 0. The van der Waals surface area contributed by atoms with Crippen LogP contribution in [-0.4, -0.2) is 60.9 Å². The van der Waals surface area contributed by atoms with Crippen molar-refractivity contribution in [2.75, 3.05) is 33.7 Å². The summed E-state index contributed by atoms with van der Waals surface area (Å²) in [5, 5.41) is 11.1. The van der Waals surface area contributed by atoms with Crippen molar-refractivity contribution < 1.29 is 19.6 Å². The molecule has 0 bridgehead atoms. The largest absolute Gasteiger partial charge is 0.367 e. The second kappa shape index (κ2) is 7.25. The van der Waals surface area contributed by atoms with Crippen LogP contribution in [0.25, 0.3) is 0 Å². The van der Waals surface area contributed by atoms with E-state index in [1.165, 1.54) is 0 Å². The summed E-state index contributed by atoms with van der Waals surface area (Å²) in [6.45, 7) is 3.09. The van der Waals surface area contributed by atoms with E-state index in [1.54, 1.807) is 31.0 Å². The van der Waals surface area contributed by atoms with E-state index in [9.17, 15) is 14.9 Å². The molecule has 0 saturated carbocycles. The van der Waals surface area contributed by atoms with Gasteiger partial charge < -0.3 is 9.68 Å². The van der Waals surface area contributed by atoms with Crippen LogP contribution >= 0.6 is 0 Å². The van der Waals surface area contributed by atoms with Gasteiger partial charge in [-0.2, -0.15) is 0 Å². The third kappa shape index (κ3) is 5.84. The lowest BCUT2D eigenvalue weighted by molar-refractivity contribution is -0.769. The van der Waals surface area contributed by atoms with E-state index in [4.69, 9.17) is 4.84 Å². The predicted octanol–water partition coefficient (Wildman–Crippen LogP) is 0.315. The topological polar surface area (TPSA) is 85.1 Å². The Balaban J connectivity index is 2.28. The first-order valence-electron chi connectivity index (χ1n) is 6.30. The molecule has 1 heterocycles. The zero-order valence-corrected chi connectivity index (χ0v) is 11.6. The minimum absolute atomic E-state index is 0.120. The van der Waals surface area contributed by atoms with Gasteiger partial charge in [-0.1, -0.05) is 0 Å². The van der Waals surface area contributed by atoms with E-state index in [0.717, 1.165) is 0 Å². The van der Waals surface area contributed by atoms with E-state index in [2.05, 4.69) is 4.84 Å². The van der Waals surface area contributed by atoms with Crippen molar-refractivity contribution in [3.05, 3.63) is 10.1 Å². The number of carbonyl (C=O) groups is 1. The Bertz CT molecular complexity index is 315. The lowest BCUT2D eigenvalue weighted by atomic mass is 9.93.